The standard InChI is InChI=1S/C37H42BNO2/c1-34(2,3)25-20-22-27(23-21-25)39(28-15-12-14-26(24-28)38-40-36(6,7)37(8,9)41-38)32-19-13-17-30-29-16-10-11-18-31(29)35(4,5)33(30)32/h10-24H,1-9H3. The van der Waals surface area contributed by atoms with Crippen LogP contribution in [0, 0.1) is 0 Å². The van der Waals surface area contributed by atoms with Crippen LogP contribution in [-0.4, -0.2) is 18.3 Å². The predicted molar refractivity (Wildman–Crippen MR) is 173 cm³/mol. The maximum Gasteiger partial charge on any atom is 0.494 e. The van der Waals surface area contributed by atoms with Crippen molar-refractivity contribution < 1.29 is 9.31 Å². The first-order valence-electron chi connectivity index (χ1n) is 14.8. The monoisotopic (exact) mass is 543 g/mol. The van der Waals surface area contributed by atoms with Gasteiger partial charge in [-0.25, -0.2) is 0 Å². The smallest absolute Gasteiger partial charge is 0.399 e. The molecule has 2 aliphatic rings. The normalized spacial score (nSPS) is 18.2. The van der Waals surface area contributed by atoms with Crippen LogP contribution in [0.25, 0.3) is 11.1 Å². The molecular formula is C37H42BNO2. The van der Waals surface area contributed by atoms with Gasteiger partial charge in [-0.2, -0.15) is 0 Å². The van der Waals surface area contributed by atoms with Gasteiger partial charge >= 0.3 is 7.12 Å². The lowest BCUT2D eigenvalue weighted by molar-refractivity contribution is 0.00578. The van der Waals surface area contributed by atoms with Gasteiger partial charge in [0.05, 0.1) is 16.9 Å². The lowest BCUT2D eigenvalue weighted by atomic mass is 9.78. The quantitative estimate of drug-likeness (QED) is 0.240. The molecule has 0 atom stereocenters. The molecule has 4 aromatic carbocycles. The molecule has 1 aliphatic carbocycles. The Kier molecular flexibility index (Phi) is 6.34. The summed E-state index contributed by atoms with van der Waals surface area (Å²) in [6.07, 6.45) is 0. The molecule has 6 rings (SSSR count). The number of hydrogen-bond acceptors (Lipinski definition) is 3. The van der Waals surface area contributed by atoms with Crippen molar-refractivity contribution >= 4 is 29.6 Å². The highest BCUT2D eigenvalue weighted by atomic mass is 16.7. The van der Waals surface area contributed by atoms with Gasteiger partial charge in [-0.15, -0.1) is 0 Å². The number of benzene rings is 4. The third-order valence-electron chi connectivity index (χ3n) is 9.44. The molecule has 0 unspecified atom stereocenters. The molecule has 1 saturated heterocycles. The van der Waals surface area contributed by atoms with Gasteiger partial charge in [-0.1, -0.05) is 95.3 Å². The van der Waals surface area contributed by atoms with Gasteiger partial charge in [0.1, 0.15) is 0 Å². The van der Waals surface area contributed by atoms with E-state index < -0.39 is 18.3 Å². The second-order valence-electron chi connectivity index (χ2n) is 14.2. The Labute approximate surface area is 246 Å². The molecule has 0 spiro atoms. The van der Waals surface area contributed by atoms with E-state index >= 15 is 0 Å². The molecule has 41 heavy (non-hydrogen) atoms. The summed E-state index contributed by atoms with van der Waals surface area (Å²) >= 11 is 0. The molecule has 0 radical (unpaired) electrons. The Morgan fingerprint density at radius 3 is 1.90 bits per heavy atom. The molecule has 1 heterocycles. The van der Waals surface area contributed by atoms with Crippen LogP contribution in [0.15, 0.2) is 91.0 Å². The predicted octanol–water partition coefficient (Wildman–Crippen LogP) is 9.06. The molecule has 4 heteroatoms. The molecule has 4 aromatic rings. The second kappa shape index (κ2) is 9.34. The van der Waals surface area contributed by atoms with E-state index in [0.717, 1.165) is 16.8 Å². The number of fused-ring (bicyclic) bond motifs is 3. The summed E-state index contributed by atoms with van der Waals surface area (Å²) in [6, 6.07) is 33.3. The van der Waals surface area contributed by atoms with Crippen molar-refractivity contribution in [3.63, 3.8) is 0 Å². The van der Waals surface area contributed by atoms with Crippen molar-refractivity contribution in [1.82, 2.24) is 0 Å². The van der Waals surface area contributed by atoms with Gasteiger partial charge in [0, 0.05) is 16.8 Å². The molecule has 0 saturated carbocycles. The average molecular weight is 544 g/mol. The highest BCUT2D eigenvalue weighted by Crippen LogP contribution is 2.54. The molecule has 1 fully saturated rings. The van der Waals surface area contributed by atoms with Gasteiger partial charge in [-0.3, -0.25) is 0 Å². The van der Waals surface area contributed by atoms with E-state index in [-0.39, 0.29) is 10.8 Å². The van der Waals surface area contributed by atoms with E-state index in [2.05, 4.69) is 158 Å². The third-order valence-corrected chi connectivity index (χ3v) is 9.44. The fourth-order valence-electron chi connectivity index (χ4n) is 6.33. The maximum absolute atomic E-state index is 6.46. The minimum Gasteiger partial charge on any atom is -0.399 e. The molecule has 0 N–H and O–H groups in total. The summed E-state index contributed by atoms with van der Waals surface area (Å²) < 4.78 is 12.9. The van der Waals surface area contributed by atoms with Crippen LogP contribution in [0.2, 0.25) is 0 Å². The SMILES string of the molecule is CC(C)(C)c1ccc(N(c2cccc(B3OC(C)(C)C(C)(C)O3)c2)c2cccc3c2C(C)(C)c2ccccc2-3)cc1. The van der Waals surface area contributed by atoms with Crippen molar-refractivity contribution in [2.24, 2.45) is 0 Å². The van der Waals surface area contributed by atoms with Crippen LogP contribution >= 0.6 is 0 Å². The van der Waals surface area contributed by atoms with Crippen molar-refractivity contribution in [2.45, 2.75) is 84.3 Å². The van der Waals surface area contributed by atoms with Gasteiger partial charge in [-0.05, 0) is 96.7 Å². The molecule has 3 nitrogen and oxygen atoms in total. The van der Waals surface area contributed by atoms with Crippen molar-refractivity contribution in [3.8, 4) is 11.1 Å². The number of anilines is 3. The Morgan fingerprint density at radius 1 is 0.634 bits per heavy atom. The van der Waals surface area contributed by atoms with Gasteiger partial charge in [0.25, 0.3) is 0 Å². The first-order valence-corrected chi connectivity index (χ1v) is 14.8. The Hall–Kier alpha value is -3.34. The fourth-order valence-corrected chi connectivity index (χ4v) is 6.33. The van der Waals surface area contributed by atoms with Crippen LogP contribution in [0.4, 0.5) is 17.1 Å². The number of nitrogens with zero attached hydrogens (tertiary/aromatic N) is 1. The van der Waals surface area contributed by atoms with E-state index in [4.69, 9.17) is 9.31 Å². The van der Waals surface area contributed by atoms with Crippen LogP contribution in [-0.2, 0) is 20.1 Å². The summed E-state index contributed by atoms with van der Waals surface area (Å²) in [6.45, 7) is 19.9. The van der Waals surface area contributed by atoms with E-state index in [9.17, 15) is 0 Å². The zero-order valence-electron chi connectivity index (χ0n) is 26.0. The molecule has 1 aliphatic heterocycles. The lowest BCUT2D eigenvalue weighted by Crippen LogP contribution is -2.41. The highest BCUT2D eigenvalue weighted by molar-refractivity contribution is 6.62. The van der Waals surface area contributed by atoms with E-state index in [0.29, 0.717) is 0 Å². The fraction of sp³-hybridized carbons (Fsp3) is 0.351. The topological polar surface area (TPSA) is 21.7 Å². The molecule has 0 bridgehead atoms. The second-order valence-corrected chi connectivity index (χ2v) is 14.2. The first kappa shape index (κ1) is 27.8. The van der Waals surface area contributed by atoms with Gasteiger partial charge in [0.15, 0.2) is 0 Å². The molecular weight excluding hydrogens is 501 g/mol. The molecule has 210 valence electrons. The summed E-state index contributed by atoms with van der Waals surface area (Å²) in [5.74, 6) is 0. The first-order chi connectivity index (χ1) is 19.2. The number of hydrogen-bond donors (Lipinski definition) is 0. The van der Waals surface area contributed by atoms with Crippen LogP contribution in [0.5, 0.6) is 0 Å². The zero-order valence-corrected chi connectivity index (χ0v) is 26.0. The minimum absolute atomic E-state index is 0.0810. The van der Waals surface area contributed by atoms with E-state index in [1.54, 1.807) is 0 Å². The lowest BCUT2D eigenvalue weighted by Gasteiger charge is -2.33. The summed E-state index contributed by atoms with van der Waals surface area (Å²) in [7, 11) is -0.424. The summed E-state index contributed by atoms with van der Waals surface area (Å²) in [4.78, 5) is 2.41. The van der Waals surface area contributed by atoms with Crippen molar-refractivity contribution in [1.29, 1.82) is 0 Å². The third kappa shape index (κ3) is 4.53. The summed E-state index contributed by atoms with van der Waals surface area (Å²) in [5.41, 5.74) is 10.2. The zero-order chi connectivity index (χ0) is 29.4. The van der Waals surface area contributed by atoms with E-state index in [1.165, 1.54) is 33.5 Å². The highest BCUT2D eigenvalue weighted by Gasteiger charge is 2.51. The largest absolute Gasteiger partial charge is 0.494 e. The van der Waals surface area contributed by atoms with Crippen molar-refractivity contribution in [2.75, 3.05) is 4.90 Å². The minimum atomic E-state index is -0.424. The summed E-state index contributed by atoms with van der Waals surface area (Å²) in [5, 5.41) is 0. The van der Waals surface area contributed by atoms with Gasteiger partial charge < -0.3 is 14.2 Å². The Morgan fingerprint density at radius 2 is 1.24 bits per heavy atom. The average Bonchev–Trinajstić information content (AvgIpc) is 3.29. The maximum atomic E-state index is 6.46. The van der Waals surface area contributed by atoms with Crippen LogP contribution in [0.3, 0.4) is 0 Å². The van der Waals surface area contributed by atoms with Gasteiger partial charge in [0.2, 0.25) is 0 Å². The van der Waals surface area contributed by atoms with Crippen LogP contribution in [0.1, 0.15) is 79.0 Å². The number of rotatable bonds is 4. The van der Waals surface area contributed by atoms with Crippen molar-refractivity contribution in [3.05, 3.63) is 108 Å². The Balaban J connectivity index is 1.53. The molecule has 0 amide bonds. The molecule has 0 aromatic heterocycles. The Bertz CT molecular complexity index is 1600. The van der Waals surface area contributed by atoms with Crippen LogP contribution < -0.4 is 10.4 Å². The van der Waals surface area contributed by atoms with E-state index in [1.807, 2.05) is 0 Å².